The highest BCUT2D eigenvalue weighted by Gasteiger charge is 2.42. The van der Waals surface area contributed by atoms with Gasteiger partial charge in [-0.2, -0.15) is 10.2 Å². The highest BCUT2D eigenvalue weighted by Crippen LogP contribution is 2.33. The SMILES string of the molecule is CCC(CC)n1ncn(-c2ccc(N3CCN([C@@H](C)[C@](O)(Cn4cncn4)c4ccc(F)cc4F)CC3)cc2)c1=O. The van der Waals surface area contributed by atoms with E-state index in [1.807, 2.05) is 45.0 Å². The molecule has 1 saturated heterocycles. The summed E-state index contributed by atoms with van der Waals surface area (Å²) in [6.45, 7) is 8.51. The van der Waals surface area contributed by atoms with E-state index in [1.165, 1.54) is 23.4 Å². The van der Waals surface area contributed by atoms with Crippen LogP contribution in [0.15, 0.2) is 66.2 Å². The predicted molar refractivity (Wildman–Crippen MR) is 151 cm³/mol. The molecule has 1 N–H and O–H groups in total. The van der Waals surface area contributed by atoms with Gasteiger partial charge in [-0.05, 0) is 50.1 Å². The smallest absolute Gasteiger partial charge is 0.350 e. The van der Waals surface area contributed by atoms with E-state index in [0.717, 1.165) is 36.3 Å². The molecule has 1 fully saturated rings. The van der Waals surface area contributed by atoms with Crippen molar-refractivity contribution in [3.05, 3.63) is 89.1 Å². The number of piperazine rings is 1. The maximum atomic E-state index is 14.9. The lowest BCUT2D eigenvalue weighted by Gasteiger charge is -2.45. The molecule has 1 aliphatic rings. The highest BCUT2D eigenvalue weighted by molar-refractivity contribution is 5.51. The van der Waals surface area contributed by atoms with Gasteiger partial charge in [-0.25, -0.2) is 32.5 Å². The van der Waals surface area contributed by atoms with E-state index in [2.05, 4.69) is 25.0 Å². The third-order valence-electron chi connectivity index (χ3n) is 8.30. The van der Waals surface area contributed by atoms with E-state index in [1.54, 1.807) is 15.6 Å². The van der Waals surface area contributed by atoms with Crippen LogP contribution in [0.2, 0.25) is 0 Å². The van der Waals surface area contributed by atoms with Crippen LogP contribution in [-0.2, 0) is 12.1 Å². The fraction of sp³-hybridized carbons (Fsp3) is 0.448. The van der Waals surface area contributed by atoms with Crippen LogP contribution in [0.3, 0.4) is 0 Å². The summed E-state index contributed by atoms with van der Waals surface area (Å²) in [6.07, 6.45) is 6.07. The Kier molecular flexibility index (Phi) is 8.32. The Morgan fingerprint density at radius 3 is 2.24 bits per heavy atom. The number of hydrogen-bond acceptors (Lipinski definition) is 7. The zero-order chi connectivity index (χ0) is 29.1. The molecule has 4 aromatic rings. The Hall–Kier alpha value is -3.90. The zero-order valence-corrected chi connectivity index (χ0v) is 23.6. The molecule has 0 bridgehead atoms. The van der Waals surface area contributed by atoms with Crippen LogP contribution in [-0.4, -0.2) is 71.3 Å². The van der Waals surface area contributed by atoms with Crippen LogP contribution in [0, 0.1) is 11.6 Å². The molecule has 0 unspecified atom stereocenters. The first kappa shape index (κ1) is 28.6. The van der Waals surface area contributed by atoms with E-state index in [9.17, 15) is 18.7 Å². The molecule has 0 radical (unpaired) electrons. The Bertz CT molecular complexity index is 1490. The van der Waals surface area contributed by atoms with Crippen LogP contribution in [0.1, 0.15) is 45.2 Å². The molecule has 2 aromatic heterocycles. The molecule has 12 heteroatoms. The first-order valence-electron chi connectivity index (χ1n) is 14.0. The molecule has 5 rings (SSSR count). The van der Waals surface area contributed by atoms with Crippen LogP contribution in [0.25, 0.3) is 5.69 Å². The van der Waals surface area contributed by atoms with Gasteiger partial charge in [0.1, 0.15) is 36.2 Å². The van der Waals surface area contributed by atoms with E-state index in [0.29, 0.717) is 26.2 Å². The molecule has 1 aliphatic heterocycles. The summed E-state index contributed by atoms with van der Waals surface area (Å²) in [7, 11) is 0. The van der Waals surface area contributed by atoms with Gasteiger partial charge in [0, 0.05) is 49.5 Å². The number of aliphatic hydroxyl groups is 1. The molecule has 0 spiro atoms. The van der Waals surface area contributed by atoms with Crippen molar-refractivity contribution >= 4 is 5.69 Å². The van der Waals surface area contributed by atoms with E-state index >= 15 is 0 Å². The molecule has 10 nitrogen and oxygen atoms in total. The topological polar surface area (TPSA) is 97.2 Å². The third kappa shape index (κ3) is 5.66. The van der Waals surface area contributed by atoms with E-state index < -0.39 is 23.3 Å². The Morgan fingerprint density at radius 1 is 0.951 bits per heavy atom. The fourth-order valence-electron chi connectivity index (χ4n) is 5.72. The molecular weight excluding hydrogens is 530 g/mol. The largest absolute Gasteiger partial charge is 0.381 e. The van der Waals surface area contributed by atoms with Gasteiger partial charge in [-0.3, -0.25) is 4.90 Å². The van der Waals surface area contributed by atoms with Crippen molar-refractivity contribution in [2.45, 2.75) is 57.8 Å². The number of nitrogens with zero attached hydrogens (tertiary/aromatic N) is 8. The number of anilines is 1. The summed E-state index contributed by atoms with van der Waals surface area (Å²) < 4.78 is 33.2. The quantitative estimate of drug-likeness (QED) is 0.314. The Morgan fingerprint density at radius 2 is 1.63 bits per heavy atom. The Balaban J connectivity index is 1.29. The van der Waals surface area contributed by atoms with Gasteiger partial charge in [-0.15, -0.1) is 0 Å². The molecule has 0 aliphatic carbocycles. The molecule has 2 aromatic carbocycles. The third-order valence-corrected chi connectivity index (χ3v) is 8.30. The van der Waals surface area contributed by atoms with Crippen molar-refractivity contribution < 1.29 is 13.9 Å². The van der Waals surface area contributed by atoms with Crippen molar-refractivity contribution in [2.24, 2.45) is 0 Å². The molecule has 41 heavy (non-hydrogen) atoms. The predicted octanol–water partition coefficient (Wildman–Crippen LogP) is 3.36. The fourth-order valence-corrected chi connectivity index (χ4v) is 5.72. The van der Waals surface area contributed by atoms with Crippen LogP contribution >= 0.6 is 0 Å². The van der Waals surface area contributed by atoms with Crippen molar-refractivity contribution in [3.8, 4) is 5.69 Å². The van der Waals surface area contributed by atoms with Gasteiger partial charge >= 0.3 is 5.69 Å². The van der Waals surface area contributed by atoms with Crippen molar-refractivity contribution in [1.29, 1.82) is 0 Å². The summed E-state index contributed by atoms with van der Waals surface area (Å²) in [5.74, 6) is -1.51. The van der Waals surface area contributed by atoms with Crippen LogP contribution in [0.5, 0.6) is 0 Å². The van der Waals surface area contributed by atoms with Crippen molar-refractivity contribution in [1.82, 2.24) is 34.0 Å². The van der Waals surface area contributed by atoms with Gasteiger partial charge in [-0.1, -0.05) is 19.9 Å². The first-order chi connectivity index (χ1) is 19.7. The second kappa shape index (κ2) is 11.9. The van der Waals surface area contributed by atoms with Crippen molar-refractivity contribution in [3.63, 3.8) is 0 Å². The number of aromatic nitrogens is 6. The minimum atomic E-state index is -1.68. The van der Waals surface area contributed by atoms with Crippen LogP contribution < -0.4 is 10.6 Å². The summed E-state index contributed by atoms with van der Waals surface area (Å²) in [6, 6.07) is 10.6. The van der Waals surface area contributed by atoms with Crippen LogP contribution in [0.4, 0.5) is 14.5 Å². The second-order valence-corrected chi connectivity index (χ2v) is 10.6. The standard InChI is InChI=1S/C29H36F2N8O2/c1-4-23(5-2)39-28(40)38(20-34-39)25-9-7-24(8-10-25)36-14-12-35(13-15-36)21(3)29(41,17-37-19-32-18-33-37)26-11-6-22(30)16-27(26)31/h6-11,16,18-21,23,41H,4-5,12-15,17H2,1-3H3/t21-,29+/m0/s1. The molecule has 0 saturated carbocycles. The lowest BCUT2D eigenvalue weighted by atomic mass is 9.85. The lowest BCUT2D eigenvalue weighted by molar-refractivity contribution is -0.0650. The lowest BCUT2D eigenvalue weighted by Crippen LogP contribution is -2.57. The number of halogens is 2. The highest BCUT2D eigenvalue weighted by atomic mass is 19.1. The molecular formula is C29H36F2N8O2. The Labute approximate surface area is 237 Å². The summed E-state index contributed by atoms with van der Waals surface area (Å²) in [5, 5.41) is 20.3. The summed E-state index contributed by atoms with van der Waals surface area (Å²) in [5.41, 5.74) is -0.0407. The average molecular weight is 567 g/mol. The summed E-state index contributed by atoms with van der Waals surface area (Å²) >= 11 is 0. The van der Waals surface area contributed by atoms with Gasteiger partial charge in [0.2, 0.25) is 0 Å². The number of benzene rings is 2. The van der Waals surface area contributed by atoms with E-state index in [-0.39, 0.29) is 23.8 Å². The number of hydrogen-bond donors (Lipinski definition) is 1. The molecule has 2 atom stereocenters. The minimum absolute atomic E-state index is 0.0164. The molecule has 3 heterocycles. The monoisotopic (exact) mass is 566 g/mol. The first-order valence-corrected chi connectivity index (χ1v) is 14.0. The summed E-state index contributed by atoms with van der Waals surface area (Å²) in [4.78, 5) is 21.2. The molecule has 218 valence electrons. The number of rotatable bonds is 10. The van der Waals surface area contributed by atoms with Gasteiger partial charge < -0.3 is 10.0 Å². The normalized spacial score (nSPS) is 16.7. The zero-order valence-electron chi connectivity index (χ0n) is 23.6. The van der Waals surface area contributed by atoms with Crippen molar-refractivity contribution in [2.75, 3.05) is 31.1 Å². The average Bonchev–Trinajstić information content (AvgIpc) is 3.63. The second-order valence-electron chi connectivity index (χ2n) is 10.6. The van der Waals surface area contributed by atoms with Gasteiger partial charge in [0.15, 0.2) is 0 Å². The van der Waals surface area contributed by atoms with E-state index in [4.69, 9.17) is 0 Å². The maximum Gasteiger partial charge on any atom is 0.350 e. The minimum Gasteiger partial charge on any atom is -0.381 e. The maximum absolute atomic E-state index is 14.9. The molecule has 0 amide bonds. The van der Waals surface area contributed by atoms with Gasteiger partial charge in [0.25, 0.3) is 0 Å². The van der Waals surface area contributed by atoms with Gasteiger partial charge in [0.05, 0.1) is 18.3 Å².